The topological polar surface area (TPSA) is 76.3 Å². The van der Waals surface area contributed by atoms with Crippen molar-refractivity contribution in [2.24, 2.45) is 0 Å². The highest BCUT2D eigenvalue weighted by molar-refractivity contribution is 9.10. The number of halogens is 1. The highest BCUT2D eigenvalue weighted by atomic mass is 79.9. The van der Waals surface area contributed by atoms with Crippen LogP contribution in [-0.4, -0.2) is 30.3 Å². The summed E-state index contributed by atoms with van der Waals surface area (Å²) < 4.78 is 26.5. The number of nitrogen functional groups attached to an aromatic ring is 1. The third-order valence-corrected chi connectivity index (χ3v) is 5.02. The molecule has 0 aliphatic rings. The fourth-order valence-electron chi connectivity index (χ4n) is 1.15. The number of hydrogen-bond donors (Lipinski definition) is 1. The number of aromatic nitrogens is 1. The molecule has 0 fully saturated rings. The van der Waals surface area contributed by atoms with Gasteiger partial charge in [0.1, 0.15) is 10.7 Å². The molecule has 0 unspecified atom stereocenters. The summed E-state index contributed by atoms with van der Waals surface area (Å²) in [4.78, 5) is 3.85. The molecule has 1 rings (SSSR count). The summed E-state index contributed by atoms with van der Waals surface area (Å²) in [7, 11) is -2.11. The second kappa shape index (κ2) is 4.55. The van der Waals surface area contributed by atoms with Crippen LogP contribution >= 0.6 is 15.9 Å². The molecular formula is C10H16BrN3O2S. The van der Waals surface area contributed by atoms with Crippen molar-refractivity contribution in [3.63, 3.8) is 0 Å². The highest BCUT2D eigenvalue weighted by Crippen LogP contribution is 2.27. The van der Waals surface area contributed by atoms with Crippen molar-refractivity contribution in [2.75, 3.05) is 12.8 Å². The molecule has 0 spiro atoms. The van der Waals surface area contributed by atoms with Gasteiger partial charge in [-0.15, -0.1) is 0 Å². The number of sulfonamides is 1. The van der Waals surface area contributed by atoms with Gasteiger partial charge in [-0.05, 0) is 42.8 Å². The van der Waals surface area contributed by atoms with Gasteiger partial charge in [-0.25, -0.2) is 13.4 Å². The summed E-state index contributed by atoms with van der Waals surface area (Å²) in [6.45, 7) is 5.43. The van der Waals surface area contributed by atoms with Gasteiger partial charge in [0.05, 0.1) is 0 Å². The summed E-state index contributed by atoms with van der Waals surface area (Å²) in [6.07, 6.45) is 1.46. The SMILES string of the molecule is CN(C(C)(C)C)S(=O)(=O)c1cc(Br)cnc1N. The zero-order valence-corrected chi connectivity index (χ0v) is 12.6. The third-order valence-electron chi connectivity index (χ3n) is 2.43. The van der Waals surface area contributed by atoms with Crippen LogP contribution in [0.2, 0.25) is 0 Å². The van der Waals surface area contributed by atoms with Crippen LogP contribution in [0.4, 0.5) is 5.82 Å². The smallest absolute Gasteiger partial charge is 0.246 e. The van der Waals surface area contributed by atoms with Crippen molar-refractivity contribution >= 4 is 31.8 Å². The van der Waals surface area contributed by atoms with Crippen LogP contribution in [0.1, 0.15) is 20.8 Å². The lowest BCUT2D eigenvalue weighted by Gasteiger charge is -2.31. The molecule has 1 aromatic rings. The van der Waals surface area contributed by atoms with E-state index in [4.69, 9.17) is 5.73 Å². The molecule has 0 aromatic carbocycles. The lowest BCUT2D eigenvalue weighted by molar-refractivity contribution is 0.292. The Morgan fingerprint density at radius 3 is 2.41 bits per heavy atom. The minimum Gasteiger partial charge on any atom is -0.383 e. The van der Waals surface area contributed by atoms with Gasteiger partial charge in [-0.1, -0.05) is 0 Å². The molecule has 7 heteroatoms. The second-order valence-electron chi connectivity index (χ2n) is 4.68. The molecule has 0 atom stereocenters. The zero-order chi connectivity index (χ0) is 13.4. The van der Waals surface area contributed by atoms with E-state index < -0.39 is 15.6 Å². The first-order valence-electron chi connectivity index (χ1n) is 4.97. The van der Waals surface area contributed by atoms with Gasteiger partial charge in [-0.3, -0.25) is 0 Å². The average molecular weight is 322 g/mol. The highest BCUT2D eigenvalue weighted by Gasteiger charge is 2.32. The molecule has 0 saturated heterocycles. The van der Waals surface area contributed by atoms with Crippen molar-refractivity contribution in [3.05, 3.63) is 16.7 Å². The number of nitrogens with two attached hydrogens (primary N) is 1. The molecule has 0 radical (unpaired) electrons. The van der Waals surface area contributed by atoms with E-state index in [1.54, 1.807) is 0 Å². The predicted molar refractivity (Wildman–Crippen MR) is 71.1 cm³/mol. The van der Waals surface area contributed by atoms with E-state index >= 15 is 0 Å². The van der Waals surface area contributed by atoms with Crippen molar-refractivity contribution in [3.8, 4) is 0 Å². The Morgan fingerprint density at radius 1 is 1.41 bits per heavy atom. The third kappa shape index (κ3) is 2.97. The minimum absolute atomic E-state index is 0.00398. The zero-order valence-electron chi connectivity index (χ0n) is 10.2. The van der Waals surface area contributed by atoms with Gasteiger partial charge in [0.2, 0.25) is 10.0 Å². The van der Waals surface area contributed by atoms with Gasteiger partial charge in [0, 0.05) is 23.3 Å². The Balaban J connectivity index is 3.37. The number of nitrogens with zero attached hydrogens (tertiary/aromatic N) is 2. The normalized spacial score (nSPS) is 13.1. The Morgan fingerprint density at radius 2 is 1.94 bits per heavy atom. The fraction of sp³-hybridized carbons (Fsp3) is 0.500. The van der Waals surface area contributed by atoms with E-state index in [0.29, 0.717) is 4.47 Å². The maximum absolute atomic E-state index is 12.3. The molecule has 5 nitrogen and oxygen atoms in total. The quantitative estimate of drug-likeness (QED) is 0.901. The van der Waals surface area contributed by atoms with Crippen molar-refractivity contribution in [1.82, 2.24) is 9.29 Å². The lowest BCUT2D eigenvalue weighted by atomic mass is 10.1. The van der Waals surface area contributed by atoms with Crippen LogP contribution in [0.3, 0.4) is 0 Å². The predicted octanol–water partition coefficient (Wildman–Crippen LogP) is 1.85. The molecule has 0 saturated carbocycles. The molecular weight excluding hydrogens is 306 g/mol. The van der Waals surface area contributed by atoms with Crippen molar-refractivity contribution < 1.29 is 8.42 Å². The monoisotopic (exact) mass is 321 g/mol. The van der Waals surface area contributed by atoms with Crippen LogP contribution in [0, 0.1) is 0 Å². The Hall–Kier alpha value is -0.660. The molecule has 1 heterocycles. The molecule has 2 N–H and O–H groups in total. The van der Waals surface area contributed by atoms with Gasteiger partial charge in [-0.2, -0.15) is 4.31 Å². The lowest BCUT2D eigenvalue weighted by Crippen LogP contribution is -2.42. The van der Waals surface area contributed by atoms with Gasteiger partial charge in [0.15, 0.2) is 0 Å². The van der Waals surface area contributed by atoms with E-state index in [2.05, 4.69) is 20.9 Å². The summed E-state index contributed by atoms with van der Waals surface area (Å²) in [5.41, 5.74) is 5.10. The average Bonchev–Trinajstić information content (AvgIpc) is 2.19. The largest absolute Gasteiger partial charge is 0.383 e. The van der Waals surface area contributed by atoms with Crippen LogP contribution in [0.15, 0.2) is 21.6 Å². The van der Waals surface area contributed by atoms with Crippen LogP contribution in [-0.2, 0) is 10.0 Å². The van der Waals surface area contributed by atoms with Crippen LogP contribution < -0.4 is 5.73 Å². The molecule has 17 heavy (non-hydrogen) atoms. The van der Waals surface area contributed by atoms with E-state index in [1.807, 2.05) is 20.8 Å². The maximum atomic E-state index is 12.3. The molecule has 0 amide bonds. The summed E-state index contributed by atoms with van der Waals surface area (Å²) in [6, 6.07) is 1.46. The van der Waals surface area contributed by atoms with E-state index in [1.165, 1.54) is 23.6 Å². The van der Waals surface area contributed by atoms with Gasteiger partial charge >= 0.3 is 0 Å². The Bertz CT molecular complexity index is 523. The van der Waals surface area contributed by atoms with Crippen molar-refractivity contribution in [1.29, 1.82) is 0 Å². The summed E-state index contributed by atoms with van der Waals surface area (Å²) in [5, 5.41) is 0. The number of hydrogen-bond acceptors (Lipinski definition) is 4. The van der Waals surface area contributed by atoms with E-state index in [9.17, 15) is 8.42 Å². The second-order valence-corrected chi connectivity index (χ2v) is 7.53. The molecule has 96 valence electrons. The van der Waals surface area contributed by atoms with E-state index in [-0.39, 0.29) is 10.7 Å². The maximum Gasteiger partial charge on any atom is 0.246 e. The molecule has 0 aliphatic carbocycles. The minimum atomic E-state index is -3.63. The summed E-state index contributed by atoms with van der Waals surface area (Å²) in [5.74, 6) is 0.00398. The molecule has 0 aliphatic heterocycles. The van der Waals surface area contributed by atoms with Gasteiger partial charge in [0.25, 0.3) is 0 Å². The number of anilines is 1. The van der Waals surface area contributed by atoms with Crippen molar-refractivity contribution in [2.45, 2.75) is 31.2 Å². The van der Waals surface area contributed by atoms with Crippen LogP contribution in [0.25, 0.3) is 0 Å². The van der Waals surface area contributed by atoms with E-state index in [0.717, 1.165) is 0 Å². The first-order valence-corrected chi connectivity index (χ1v) is 7.20. The number of pyridine rings is 1. The first kappa shape index (κ1) is 14.4. The standard InChI is InChI=1S/C10H16BrN3O2S/c1-10(2,3)14(4)17(15,16)8-5-7(11)6-13-9(8)12/h5-6H,1-4H3,(H2,12,13). The Labute approximate surface area is 110 Å². The molecule has 1 aromatic heterocycles. The number of rotatable bonds is 2. The van der Waals surface area contributed by atoms with Crippen LogP contribution in [0.5, 0.6) is 0 Å². The Kier molecular flexibility index (Phi) is 3.85. The fourth-order valence-corrected chi connectivity index (χ4v) is 3.24. The first-order chi connectivity index (χ1) is 7.56. The summed E-state index contributed by atoms with van der Waals surface area (Å²) >= 11 is 3.19. The molecule has 0 bridgehead atoms. The van der Waals surface area contributed by atoms with Gasteiger partial charge < -0.3 is 5.73 Å².